The van der Waals surface area contributed by atoms with Crippen LogP contribution in [0.4, 0.5) is 9.59 Å². The molecule has 2 unspecified atom stereocenters. The Hall–Kier alpha value is -2.42. The quantitative estimate of drug-likeness (QED) is 0.110. The highest BCUT2D eigenvalue weighted by Crippen LogP contribution is 2.63. The number of imide groups is 1. The summed E-state index contributed by atoms with van der Waals surface area (Å²) in [7, 11) is -3.55. The van der Waals surface area contributed by atoms with Crippen molar-refractivity contribution in [3.8, 4) is 0 Å². The Morgan fingerprint density at radius 2 is 1.41 bits per heavy atom. The van der Waals surface area contributed by atoms with Gasteiger partial charge in [0.25, 0.3) is 0 Å². The van der Waals surface area contributed by atoms with Crippen LogP contribution in [-0.2, 0) is 34.6 Å². The van der Waals surface area contributed by atoms with Crippen molar-refractivity contribution in [3.05, 3.63) is 35.9 Å². The molecular formula is C33H55N2O8P. The summed E-state index contributed by atoms with van der Waals surface area (Å²) in [5.74, 6) is -0.544. The Labute approximate surface area is 264 Å². The second-order valence-corrected chi connectivity index (χ2v) is 17.4. The zero-order valence-corrected chi connectivity index (χ0v) is 29.5. The number of carbonyl (C=O) groups excluding carboxylic acids is 3. The molecule has 0 aromatic heterocycles. The zero-order valence-electron chi connectivity index (χ0n) is 28.6. The van der Waals surface area contributed by atoms with Crippen molar-refractivity contribution >= 4 is 25.5 Å². The molecule has 0 bridgehead atoms. The SMILES string of the molecule is CCOP1(=O)CCCN(Cc2ccccc2)CC1(CCCCN(C(=O)OC(C)(C)C)C(=O)OC(C)(C)C)C(=O)OC(C)(C)C. The monoisotopic (exact) mass is 638 g/mol. The number of ether oxygens (including phenoxy) is 3. The van der Waals surface area contributed by atoms with Crippen LogP contribution in [0.25, 0.3) is 0 Å². The minimum Gasteiger partial charge on any atom is -0.459 e. The van der Waals surface area contributed by atoms with Gasteiger partial charge in [0.2, 0.25) is 7.37 Å². The van der Waals surface area contributed by atoms with E-state index in [1.165, 1.54) is 0 Å². The summed E-state index contributed by atoms with van der Waals surface area (Å²) in [5.41, 5.74) is -1.35. The fourth-order valence-corrected chi connectivity index (χ4v) is 8.17. The molecule has 0 N–H and O–H groups in total. The first-order chi connectivity index (χ1) is 20.2. The predicted octanol–water partition coefficient (Wildman–Crippen LogP) is 7.63. The van der Waals surface area contributed by atoms with Crippen LogP contribution in [-0.4, -0.2) is 82.3 Å². The van der Waals surface area contributed by atoms with Gasteiger partial charge in [-0.3, -0.25) is 14.3 Å². The molecule has 2 rings (SSSR count). The Morgan fingerprint density at radius 1 is 0.864 bits per heavy atom. The van der Waals surface area contributed by atoms with Crippen molar-refractivity contribution in [2.75, 3.05) is 32.4 Å². The lowest BCUT2D eigenvalue weighted by atomic mass is 9.98. The maximum Gasteiger partial charge on any atom is 0.419 e. The third-order valence-corrected chi connectivity index (χ3v) is 10.3. The van der Waals surface area contributed by atoms with E-state index >= 15 is 0 Å². The highest BCUT2D eigenvalue weighted by atomic mass is 31.2. The number of amides is 2. The van der Waals surface area contributed by atoms with Crippen LogP contribution in [0.15, 0.2) is 30.3 Å². The molecule has 1 aromatic rings. The first kappa shape index (κ1) is 37.8. The van der Waals surface area contributed by atoms with E-state index in [4.69, 9.17) is 18.7 Å². The maximum absolute atomic E-state index is 14.8. The molecule has 0 spiro atoms. The molecule has 11 heteroatoms. The summed E-state index contributed by atoms with van der Waals surface area (Å²) < 4.78 is 37.8. The largest absolute Gasteiger partial charge is 0.459 e. The van der Waals surface area contributed by atoms with Gasteiger partial charge < -0.3 is 18.7 Å². The summed E-state index contributed by atoms with van der Waals surface area (Å²) in [6, 6.07) is 9.97. The molecule has 44 heavy (non-hydrogen) atoms. The van der Waals surface area contributed by atoms with Crippen molar-refractivity contribution in [2.45, 2.75) is 123 Å². The second-order valence-electron chi connectivity index (χ2n) is 14.5. The molecule has 0 aliphatic carbocycles. The molecule has 1 heterocycles. The van der Waals surface area contributed by atoms with Crippen LogP contribution in [0, 0.1) is 0 Å². The van der Waals surface area contributed by atoms with E-state index in [2.05, 4.69) is 4.90 Å². The molecule has 0 saturated carbocycles. The normalized spacial score (nSPS) is 21.7. The molecule has 2 amide bonds. The van der Waals surface area contributed by atoms with E-state index in [1.54, 1.807) is 69.2 Å². The number of benzene rings is 1. The van der Waals surface area contributed by atoms with E-state index in [0.29, 0.717) is 32.4 Å². The number of nitrogens with zero attached hydrogens (tertiary/aromatic N) is 2. The lowest BCUT2D eigenvalue weighted by Crippen LogP contribution is -2.51. The average molecular weight is 639 g/mol. The Kier molecular flexibility index (Phi) is 13.1. The summed E-state index contributed by atoms with van der Waals surface area (Å²) in [6.07, 6.45) is 0.147. The second kappa shape index (κ2) is 15.2. The minimum absolute atomic E-state index is 0.000884. The van der Waals surface area contributed by atoms with Crippen molar-refractivity contribution in [2.24, 2.45) is 0 Å². The van der Waals surface area contributed by atoms with Crippen molar-refractivity contribution in [1.82, 2.24) is 9.80 Å². The summed E-state index contributed by atoms with van der Waals surface area (Å²) in [4.78, 5) is 43.3. The van der Waals surface area contributed by atoms with Gasteiger partial charge in [0.05, 0.1) is 6.61 Å². The molecule has 1 saturated heterocycles. The predicted molar refractivity (Wildman–Crippen MR) is 172 cm³/mol. The van der Waals surface area contributed by atoms with E-state index in [-0.39, 0.29) is 32.3 Å². The van der Waals surface area contributed by atoms with Crippen LogP contribution in [0.3, 0.4) is 0 Å². The topological polar surface area (TPSA) is 112 Å². The number of hydrogen-bond acceptors (Lipinski definition) is 9. The molecule has 1 aliphatic heterocycles. The van der Waals surface area contributed by atoms with Gasteiger partial charge in [-0.1, -0.05) is 30.3 Å². The highest BCUT2D eigenvalue weighted by Gasteiger charge is 2.58. The lowest BCUT2D eigenvalue weighted by Gasteiger charge is -2.40. The highest BCUT2D eigenvalue weighted by molar-refractivity contribution is 7.61. The van der Waals surface area contributed by atoms with E-state index < -0.39 is 47.5 Å². The molecule has 10 nitrogen and oxygen atoms in total. The molecule has 250 valence electrons. The summed E-state index contributed by atoms with van der Waals surface area (Å²) in [5, 5.41) is -1.43. The number of rotatable bonds is 10. The third kappa shape index (κ3) is 11.5. The average Bonchev–Trinajstić information content (AvgIpc) is 2.98. The fraction of sp³-hybridized carbons (Fsp3) is 0.727. The Morgan fingerprint density at radius 3 is 1.91 bits per heavy atom. The van der Waals surface area contributed by atoms with Gasteiger partial charge in [0.15, 0.2) is 5.16 Å². The van der Waals surface area contributed by atoms with Crippen LogP contribution >= 0.6 is 7.37 Å². The molecule has 2 atom stereocenters. The summed E-state index contributed by atoms with van der Waals surface area (Å²) in [6.45, 7) is 19.2. The van der Waals surface area contributed by atoms with Crippen LogP contribution in [0.1, 0.15) is 100 Å². The van der Waals surface area contributed by atoms with Crippen LogP contribution in [0.2, 0.25) is 0 Å². The first-order valence-electron chi connectivity index (χ1n) is 15.7. The Balaban J connectivity index is 2.41. The van der Waals surface area contributed by atoms with E-state index in [9.17, 15) is 18.9 Å². The summed E-state index contributed by atoms with van der Waals surface area (Å²) >= 11 is 0. The van der Waals surface area contributed by atoms with Gasteiger partial charge in [-0.25, -0.2) is 14.5 Å². The minimum atomic E-state index is -3.55. The molecule has 0 radical (unpaired) electrons. The first-order valence-corrected chi connectivity index (χ1v) is 17.5. The molecular weight excluding hydrogens is 583 g/mol. The van der Waals surface area contributed by atoms with E-state index in [0.717, 1.165) is 10.5 Å². The van der Waals surface area contributed by atoms with Gasteiger partial charge in [0, 0.05) is 25.8 Å². The van der Waals surface area contributed by atoms with Crippen molar-refractivity contribution in [3.63, 3.8) is 0 Å². The number of carbonyl (C=O) groups is 3. The Bertz CT molecular complexity index is 1130. The third-order valence-electron chi connectivity index (χ3n) is 6.88. The number of esters is 1. The van der Waals surface area contributed by atoms with Crippen LogP contribution < -0.4 is 0 Å². The van der Waals surface area contributed by atoms with Gasteiger partial charge in [0.1, 0.15) is 16.8 Å². The lowest BCUT2D eigenvalue weighted by molar-refractivity contribution is -0.159. The number of unbranched alkanes of at least 4 members (excludes halogenated alkanes) is 1. The van der Waals surface area contributed by atoms with E-state index in [1.807, 2.05) is 30.3 Å². The molecule has 1 aromatic carbocycles. The zero-order chi connectivity index (χ0) is 33.4. The standard InChI is InChI=1S/C33H55N2O8P/c1-11-40-44(39)23-17-21-34(24-26-18-13-12-14-19-26)25-33(44,27(36)41-30(2,3)4)20-15-16-22-35(28(37)42-31(5,6)7)29(38)43-32(8,9)10/h12-14,18-19H,11,15-17,20-25H2,1-10H3. The van der Waals surface area contributed by atoms with Crippen LogP contribution in [0.5, 0.6) is 0 Å². The van der Waals surface area contributed by atoms with Gasteiger partial charge in [-0.15, -0.1) is 0 Å². The molecule has 1 aliphatic rings. The molecule has 1 fully saturated rings. The van der Waals surface area contributed by atoms with Gasteiger partial charge in [-0.2, -0.15) is 0 Å². The van der Waals surface area contributed by atoms with Crippen molar-refractivity contribution < 1.29 is 37.7 Å². The fourth-order valence-electron chi connectivity index (χ4n) is 5.15. The maximum atomic E-state index is 14.8. The number of hydrogen-bond donors (Lipinski definition) is 0. The smallest absolute Gasteiger partial charge is 0.419 e. The van der Waals surface area contributed by atoms with Crippen molar-refractivity contribution in [1.29, 1.82) is 0 Å². The van der Waals surface area contributed by atoms with Gasteiger partial charge in [-0.05, 0) is 107 Å². The van der Waals surface area contributed by atoms with Gasteiger partial charge >= 0.3 is 18.2 Å².